The highest BCUT2D eigenvalue weighted by atomic mass is 19.1. The summed E-state index contributed by atoms with van der Waals surface area (Å²) in [4.78, 5) is 13.1. The molecule has 4 heteroatoms. The van der Waals surface area contributed by atoms with Crippen molar-refractivity contribution in [1.29, 1.82) is 0 Å². The summed E-state index contributed by atoms with van der Waals surface area (Å²) >= 11 is 0. The summed E-state index contributed by atoms with van der Waals surface area (Å²) in [5, 5.41) is 0. The monoisotopic (exact) mass is 188 g/mol. The third-order valence-electron chi connectivity index (χ3n) is 2.44. The molecule has 0 aliphatic carbocycles. The van der Waals surface area contributed by atoms with E-state index in [1.54, 1.807) is 11.8 Å². The molecule has 1 heterocycles. The molecule has 2 atom stereocenters. The summed E-state index contributed by atoms with van der Waals surface area (Å²) in [7, 11) is 0. The van der Waals surface area contributed by atoms with Gasteiger partial charge in [-0.05, 0) is 19.8 Å². The van der Waals surface area contributed by atoms with Gasteiger partial charge in [0.25, 0.3) is 0 Å². The van der Waals surface area contributed by atoms with Gasteiger partial charge >= 0.3 is 0 Å². The Morgan fingerprint density at radius 3 is 3.00 bits per heavy atom. The van der Waals surface area contributed by atoms with E-state index in [9.17, 15) is 9.18 Å². The number of rotatable bonds is 2. The van der Waals surface area contributed by atoms with Crippen molar-refractivity contribution in [3.8, 4) is 0 Å². The molecule has 0 aromatic rings. The van der Waals surface area contributed by atoms with Crippen LogP contribution < -0.4 is 5.73 Å². The Balaban J connectivity index is 2.46. The Kier molecular flexibility index (Phi) is 3.66. The van der Waals surface area contributed by atoms with Gasteiger partial charge in [0.05, 0.1) is 12.7 Å². The van der Waals surface area contributed by atoms with Gasteiger partial charge in [0.2, 0.25) is 5.91 Å². The molecule has 1 aliphatic heterocycles. The first-order valence-corrected chi connectivity index (χ1v) is 4.75. The minimum Gasteiger partial charge on any atom is -0.341 e. The molecule has 1 amide bonds. The van der Waals surface area contributed by atoms with Crippen LogP contribution in [0.3, 0.4) is 0 Å². The van der Waals surface area contributed by atoms with Crippen LogP contribution in [0.2, 0.25) is 0 Å². The van der Waals surface area contributed by atoms with E-state index in [1.165, 1.54) is 0 Å². The number of nitrogens with two attached hydrogens (primary N) is 1. The van der Waals surface area contributed by atoms with Crippen LogP contribution in [0.4, 0.5) is 4.39 Å². The standard InChI is InChI=1S/C9H17FN2O/c1-7(11)9(13)12-4-2-3-8(5-10)6-12/h7-8H,2-6,11H2,1H3/t7-,8+/m0/s1. The van der Waals surface area contributed by atoms with Gasteiger partial charge in [0.1, 0.15) is 0 Å². The second kappa shape index (κ2) is 4.56. The van der Waals surface area contributed by atoms with Crippen molar-refractivity contribution in [2.75, 3.05) is 19.8 Å². The fraction of sp³-hybridized carbons (Fsp3) is 0.889. The van der Waals surface area contributed by atoms with Crippen LogP contribution in [0.1, 0.15) is 19.8 Å². The largest absolute Gasteiger partial charge is 0.341 e. The van der Waals surface area contributed by atoms with E-state index in [-0.39, 0.29) is 18.5 Å². The van der Waals surface area contributed by atoms with Gasteiger partial charge in [0.15, 0.2) is 0 Å². The van der Waals surface area contributed by atoms with Crippen molar-refractivity contribution in [2.24, 2.45) is 11.7 Å². The van der Waals surface area contributed by atoms with Gasteiger partial charge in [-0.25, -0.2) is 0 Å². The highest BCUT2D eigenvalue weighted by molar-refractivity contribution is 5.81. The average molecular weight is 188 g/mol. The molecule has 1 saturated heterocycles. The molecule has 1 rings (SSSR count). The van der Waals surface area contributed by atoms with Crippen LogP contribution in [-0.2, 0) is 4.79 Å². The fourth-order valence-corrected chi connectivity index (χ4v) is 1.68. The third kappa shape index (κ3) is 2.66. The SMILES string of the molecule is C[C@H](N)C(=O)N1CCC[C@H](CF)C1. The number of hydrogen-bond acceptors (Lipinski definition) is 2. The lowest BCUT2D eigenvalue weighted by Crippen LogP contribution is -2.47. The van der Waals surface area contributed by atoms with Crippen molar-refractivity contribution in [3.05, 3.63) is 0 Å². The quantitative estimate of drug-likeness (QED) is 0.687. The van der Waals surface area contributed by atoms with Gasteiger partial charge in [-0.2, -0.15) is 0 Å². The second-order valence-electron chi connectivity index (χ2n) is 3.74. The Bertz CT molecular complexity index is 184. The molecule has 1 fully saturated rings. The van der Waals surface area contributed by atoms with E-state index >= 15 is 0 Å². The molecule has 76 valence electrons. The maximum atomic E-state index is 12.3. The Hall–Kier alpha value is -0.640. The van der Waals surface area contributed by atoms with Gasteiger partial charge in [-0.15, -0.1) is 0 Å². The predicted octanol–water partition coefficient (Wildman–Crippen LogP) is 0.542. The zero-order valence-electron chi connectivity index (χ0n) is 8.00. The summed E-state index contributed by atoms with van der Waals surface area (Å²) in [5.41, 5.74) is 5.47. The fourth-order valence-electron chi connectivity index (χ4n) is 1.68. The van der Waals surface area contributed by atoms with Crippen molar-refractivity contribution in [2.45, 2.75) is 25.8 Å². The number of carbonyl (C=O) groups is 1. The van der Waals surface area contributed by atoms with Crippen LogP contribution in [-0.4, -0.2) is 36.6 Å². The molecule has 0 saturated carbocycles. The first-order chi connectivity index (χ1) is 6.15. The van der Waals surface area contributed by atoms with Gasteiger partial charge in [0, 0.05) is 19.0 Å². The molecule has 0 aromatic heterocycles. The molecular formula is C9H17FN2O. The number of hydrogen-bond donors (Lipinski definition) is 1. The predicted molar refractivity (Wildman–Crippen MR) is 48.9 cm³/mol. The number of likely N-dealkylation sites (tertiary alicyclic amines) is 1. The molecule has 13 heavy (non-hydrogen) atoms. The summed E-state index contributed by atoms with van der Waals surface area (Å²) in [6.45, 7) is 2.61. The van der Waals surface area contributed by atoms with Gasteiger partial charge in [-0.1, -0.05) is 0 Å². The van der Waals surface area contributed by atoms with Crippen molar-refractivity contribution < 1.29 is 9.18 Å². The average Bonchev–Trinajstić information content (AvgIpc) is 2.16. The maximum Gasteiger partial charge on any atom is 0.239 e. The first kappa shape index (κ1) is 10.4. The smallest absolute Gasteiger partial charge is 0.239 e. The molecule has 1 aliphatic rings. The lowest BCUT2D eigenvalue weighted by Gasteiger charge is -2.32. The van der Waals surface area contributed by atoms with E-state index in [4.69, 9.17) is 5.73 Å². The van der Waals surface area contributed by atoms with Gasteiger partial charge in [-0.3, -0.25) is 9.18 Å². The zero-order valence-corrected chi connectivity index (χ0v) is 8.00. The van der Waals surface area contributed by atoms with E-state index < -0.39 is 6.04 Å². The number of carbonyl (C=O) groups excluding carboxylic acids is 1. The van der Waals surface area contributed by atoms with Crippen LogP contribution in [0.25, 0.3) is 0 Å². The molecule has 0 spiro atoms. The van der Waals surface area contributed by atoms with Crippen molar-refractivity contribution in [1.82, 2.24) is 4.90 Å². The van der Waals surface area contributed by atoms with Crippen LogP contribution in [0.5, 0.6) is 0 Å². The molecule has 0 radical (unpaired) electrons. The normalized spacial score (nSPS) is 25.8. The minimum absolute atomic E-state index is 0.0245. The molecule has 0 unspecified atom stereocenters. The number of piperidine rings is 1. The van der Waals surface area contributed by atoms with Crippen molar-refractivity contribution >= 4 is 5.91 Å². The molecule has 2 N–H and O–H groups in total. The number of nitrogens with zero attached hydrogens (tertiary/aromatic N) is 1. The van der Waals surface area contributed by atoms with Crippen LogP contribution in [0.15, 0.2) is 0 Å². The molecule has 3 nitrogen and oxygen atoms in total. The number of halogens is 1. The number of amides is 1. The summed E-state index contributed by atoms with van der Waals surface area (Å²) in [5.74, 6) is -0.0328. The van der Waals surface area contributed by atoms with E-state index in [2.05, 4.69) is 0 Å². The Labute approximate surface area is 78.1 Å². The third-order valence-corrected chi connectivity index (χ3v) is 2.44. The Morgan fingerprint density at radius 2 is 2.46 bits per heavy atom. The lowest BCUT2D eigenvalue weighted by atomic mass is 9.99. The lowest BCUT2D eigenvalue weighted by molar-refractivity contribution is -0.134. The van der Waals surface area contributed by atoms with Crippen LogP contribution in [0, 0.1) is 5.92 Å². The molecule has 0 bridgehead atoms. The van der Waals surface area contributed by atoms with E-state index in [0.29, 0.717) is 6.54 Å². The van der Waals surface area contributed by atoms with E-state index in [1.807, 2.05) is 0 Å². The maximum absolute atomic E-state index is 12.3. The summed E-state index contributed by atoms with van der Waals surface area (Å²) in [6, 6.07) is -0.460. The summed E-state index contributed by atoms with van der Waals surface area (Å²) in [6.07, 6.45) is 1.78. The highest BCUT2D eigenvalue weighted by Crippen LogP contribution is 2.17. The topological polar surface area (TPSA) is 46.3 Å². The zero-order chi connectivity index (χ0) is 9.84. The number of alkyl halides is 1. The Morgan fingerprint density at radius 1 is 1.77 bits per heavy atom. The minimum atomic E-state index is -0.460. The summed E-state index contributed by atoms with van der Waals surface area (Å²) < 4.78 is 12.3. The van der Waals surface area contributed by atoms with E-state index in [0.717, 1.165) is 19.4 Å². The van der Waals surface area contributed by atoms with Crippen molar-refractivity contribution in [3.63, 3.8) is 0 Å². The first-order valence-electron chi connectivity index (χ1n) is 4.75. The van der Waals surface area contributed by atoms with Gasteiger partial charge < -0.3 is 10.6 Å². The van der Waals surface area contributed by atoms with Crippen LogP contribution >= 0.6 is 0 Å². The second-order valence-corrected chi connectivity index (χ2v) is 3.74. The molecule has 0 aromatic carbocycles. The highest BCUT2D eigenvalue weighted by Gasteiger charge is 2.24. The molecular weight excluding hydrogens is 171 g/mol.